The van der Waals surface area contributed by atoms with E-state index in [1.807, 2.05) is 18.2 Å². The predicted molar refractivity (Wildman–Crippen MR) is 65.1 cm³/mol. The Kier molecular flexibility index (Phi) is 3.66. The smallest absolute Gasteiger partial charge is 0.0438 e. The van der Waals surface area contributed by atoms with Crippen LogP contribution in [0.2, 0.25) is 5.02 Å². The molecule has 0 heterocycles. The third-order valence-electron chi connectivity index (χ3n) is 3.08. The quantitative estimate of drug-likeness (QED) is 0.814. The van der Waals surface area contributed by atoms with Crippen molar-refractivity contribution in [2.45, 2.75) is 38.1 Å². The maximum Gasteiger partial charge on any atom is 0.0438 e. The van der Waals surface area contributed by atoms with Gasteiger partial charge in [0.25, 0.3) is 0 Å². The first-order valence-corrected chi connectivity index (χ1v) is 6.12. The minimum absolute atomic E-state index is 0.269. The van der Waals surface area contributed by atoms with Crippen LogP contribution < -0.4 is 5.73 Å². The maximum absolute atomic E-state index is 6.09. The molecule has 1 saturated carbocycles. The summed E-state index contributed by atoms with van der Waals surface area (Å²) in [7, 11) is 0. The van der Waals surface area contributed by atoms with E-state index in [0.29, 0.717) is 0 Å². The van der Waals surface area contributed by atoms with Gasteiger partial charge in [-0.2, -0.15) is 0 Å². The largest absolute Gasteiger partial charge is 0.327 e. The van der Waals surface area contributed by atoms with Gasteiger partial charge in [0.15, 0.2) is 0 Å². The molecular weight excluding hydrogens is 206 g/mol. The molecule has 2 N–H and O–H groups in total. The van der Waals surface area contributed by atoms with E-state index in [9.17, 15) is 0 Å². The molecule has 0 bridgehead atoms. The first kappa shape index (κ1) is 11.0. The molecule has 1 aliphatic carbocycles. The summed E-state index contributed by atoms with van der Waals surface area (Å²) in [6.45, 7) is 0. The number of hydrogen-bond acceptors (Lipinski definition) is 1. The van der Waals surface area contributed by atoms with Gasteiger partial charge in [0.2, 0.25) is 0 Å². The van der Waals surface area contributed by atoms with Gasteiger partial charge in [-0.25, -0.2) is 0 Å². The summed E-state index contributed by atoms with van der Waals surface area (Å²) in [6, 6.07) is 8.26. The molecule has 1 fully saturated rings. The summed E-state index contributed by atoms with van der Waals surface area (Å²) in [4.78, 5) is 0. The Morgan fingerprint density at radius 2 is 2.07 bits per heavy atom. The Bertz CT molecular complexity index is 320. The predicted octanol–water partition coefficient (Wildman–Crippen LogP) is 3.40. The van der Waals surface area contributed by atoms with Gasteiger partial charge in [0.1, 0.15) is 0 Å². The van der Waals surface area contributed by atoms with Crippen molar-refractivity contribution < 1.29 is 0 Å². The zero-order chi connectivity index (χ0) is 10.7. The van der Waals surface area contributed by atoms with Crippen LogP contribution in [0.4, 0.5) is 0 Å². The highest BCUT2D eigenvalue weighted by atomic mass is 35.5. The SMILES string of the molecule is NC(CCC1CC1)Cc1ccccc1Cl. The van der Waals surface area contributed by atoms with Crippen LogP contribution in [0.3, 0.4) is 0 Å². The number of hydrogen-bond donors (Lipinski definition) is 1. The monoisotopic (exact) mass is 223 g/mol. The molecule has 0 spiro atoms. The molecule has 0 radical (unpaired) electrons. The lowest BCUT2D eigenvalue weighted by Crippen LogP contribution is -2.22. The molecule has 15 heavy (non-hydrogen) atoms. The number of rotatable bonds is 5. The first-order chi connectivity index (χ1) is 7.25. The summed E-state index contributed by atoms with van der Waals surface area (Å²) >= 11 is 6.09. The van der Waals surface area contributed by atoms with Crippen LogP contribution in [0, 0.1) is 5.92 Å². The number of nitrogens with two attached hydrogens (primary N) is 1. The van der Waals surface area contributed by atoms with Gasteiger partial charge in [0, 0.05) is 11.1 Å². The average Bonchev–Trinajstić information content (AvgIpc) is 3.02. The standard InChI is InChI=1S/C13H18ClN/c14-13-4-2-1-3-11(13)9-12(15)8-7-10-5-6-10/h1-4,10,12H,5-9,15H2. The van der Waals surface area contributed by atoms with E-state index in [2.05, 4.69) is 6.07 Å². The Morgan fingerprint density at radius 1 is 1.33 bits per heavy atom. The lowest BCUT2D eigenvalue weighted by molar-refractivity contribution is 0.551. The van der Waals surface area contributed by atoms with Crippen molar-refractivity contribution in [1.29, 1.82) is 0 Å². The molecule has 0 aliphatic heterocycles. The van der Waals surface area contributed by atoms with Crippen molar-refractivity contribution >= 4 is 11.6 Å². The lowest BCUT2D eigenvalue weighted by Gasteiger charge is -2.12. The van der Waals surface area contributed by atoms with Gasteiger partial charge in [-0.15, -0.1) is 0 Å². The normalized spacial score (nSPS) is 17.7. The first-order valence-electron chi connectivity index (χ1n) is 5.74. The summed E-state index contributed by atoms with van der Waals surface area (Å²) in [5, 5.41) is 0.847. The van der Waals surface area contributed by atoms with Crippen LogP contribution in [0.5, 0.6) is 0 Å². The van der Waals surface area contributed by atoms with Crippen molar-refractivity contribution in [3.05, 3.63) is 34.9 Å². The van der Waals surface area contributed by atoms with Crippen molar-refractivity contribution in [3.8, 4) is 0 Å². The van der Waals surface area contributed by atoms with Crippen LogP contribution in [-0.4, -0.2) is 6.04 Å². The second-order valence-electron chi connectivity index (χ2n) is 4.58. The zero-order valence-electron chi connectivity index (χ0n) is 8.95. The highest BCUT2D eigenvalue weighted by molar-refractivity contribution is 6.31. The zero-order valence-corrected chi connectivity index (χ0v) is 9.71. The van der Waals surface area contributed by atoms with Crippen LogP contribution in [-0.2, 0) is 6.42 Å². The third-order valence-corrected chi connectivity index (χ3v) is 3.45. The summed E-state index contributed by atoms with van der Waals surface area (Å²) in [6.07, 6.45) is 6.17. The van der Waals surface area contributed by atoms with E-state index < -0.39 is 0 Å². The molecule has 1 nitrogen and oxygen atoms in total. The highest BCUT2D eigenvalue weighted by Crippen LogP contribution is 2.34. The van der Waals surface area contributed by atoms with E-state index >= 15 is 0 Å². The van der Waals surface area contributed by atoms with Crippen molar-refractivity contribution in [1.82, 2.24) is 0 Å². The van der Waals surface area contributed by atoms with E-state index in [4.69, 9.17) is 17.3 Å². The Hall–Kier alpha value is -0.530. The fraction of sp³-hybridized carbons (Fsp3) is 0.538. The average molecular weight is 224 g/mol. The van der Waals surface area contributed by atoms with Crippen molar-refractivity contribution in [2.24, 2.45) is 11.7 Å². The lowest BCUT2D eigenvalue weighted by atomic mass is 10.0. The van der Waals surface area contributed by atoms with Gasteiger partial charge in [0.05, 0.1) is 0 Å². The van der Waals surface area contributed by atoms with Crippen LogP contribution in [0.25, 0.3) is 0 Å². The summed E-state index contributed by atoms with van der Waals surface area (Å²) in [5.41, 5.74) is 7.27. The Labute approximate surface area is 96.6 Å². The second kappa shape index (κ2) is 5.00. The molecule has 0 saturated heterocycles. The molecule has 1 unspecified atom stereocenters. The third kappa shape index (κ3) is 3.51. The molecule has 0 aromatic heterocycles. The molecule has 1 aliphatic rings. The molecule has 1 aromatic carbocycles. The topological polar surface area (TPSA) is 26.0 Å². The highest BCUT2D eigenvalue weighted by Gasteiger charge is 2.21. The van der Waals surface area contributed by atoms with Gasteiger partial charge >= 0.3 is 0 Å². The molecular formula is C13H18ClN. The van der Waals surface area contributed by atoms with Gasteiger partial charge < -0.3 is 5.73 Å². The van der Waals surface area contributed by atoms with E-state index in [0.717, 1.165) is 23.8 Å². The van der Waals surface area contributed by atoms with Crippen LogP contribution in [0.1, 0.15) is 31.2 Å². The van der Waals surface area contributed by atoms with Gasteiger partial charge in [-0.05, 0) is 36.8 Å². The van der Waals surface area contributed by atoms with Crippen molar-refractivity contribution in [2.75, 3.05) is 0 Å². The second-order valence-corrected chi connectivity index (χ2v) is 4.98. The van der Waals surface area contributed by atoms with Crippen molar-refractivity contribution in [3.63, 3.8) is 0 Å². The van der Waals surface area contributed by atoms with E-state index in [1.54, 1.807) is 0 Å². The molecule has 2 heteroatoms. The fourth-order valence-electron chi connectivity index (χ4n) is 1.90. The van der Waals surface area contributed by atoms with Crippen LogP contribution >= 0.6 is 11.6 Å². The van der Waals surface area contributed by atoms with E-state index in [1.165, 1.54) is 24.8 Å². The molecule has 2 rings (SSSR count). The Balaban J connectivity index is 1.81. The van der Waals surface area contributed by atoms with Gasteiger partial charge in [-0.1, -0.05) is 42.6 Å². The summed E-state index contributed by atoms with van der Waals surface area (Å²) in [5.74, 6) is 0.974. The maximum atomic E-state index is 6.09. The Morgan fingerprint density at radius 3 is 2.73 bits per heavy atom. The molecule has 0 amide bonds. The summed E-state index contributed by atoms with van der Waals surface area (Å²) < 4.78 is 0. The molecule has 1 atom stereocenters. The number of halogens is 1. The molecule has 82 valence electrons. The van der Waals surface area contributed by atoms with Crippen LogP contribution in [0.15, 0.2) is 24.3 Å². The minimum Gasteiger partial charge on any atom is -0.327 e. The van der Waals surface area contributed by atoms with E-state index in [-0.39, 0.29) is 6.04 Å². The molecule has 1 aromatic rings. The van der Waals surface area contributed by atoms with Gasteiger partial charge in [-0.3, -0.25) is 0 Å². The minimum atomic E-state index is 0.269. The fourth-order valence-corrected chi connectivity index (χ4v) is 2.12. The number of benzene rings is 1.